The van der Waals surface area contributed by atoms with E-state index in [9.17, 15) is 4.79 Å². The standard InChI is InChI=1S/C21H19N5O3/c1-13-19(26-9-5-4-6-18(26)23-13)17-7-8-22-21(24-17)25-20(27)14-10-15(28-2)12-16(11-14)29-3/h4-12H,1-3H3,(H,22,24,25,27). The maximum Gasteiger partial charge on any atom is 0.258 e. The van der Waals surface area contributed by atoms with Crippen LogP contribution in [0.25, 0.3) is 17.0 Å². The molecule has 0 atom stereocenters. The first kappa shape index (κ1) is 18.4. The van der Waals surface area contributed by atoms with Gasteiger partial charge in [0.1, 0.15) is 17.1 Å². The fourth-order valence-corrected chi connectivity index (χ4v) is 3.09. The molecule has 0 saturated carbocycles. The number of imidazole rings is 1. The van der Waals surface area contributed by atoms with Gasteiger partial charge in [-0.1, -0.05) is 6.07 Å². The summed E-state index contributed by atoms with van der Waals surface area (Å²) in [5.41, 5.74) is 3.55. The number of fused-ring (bicyclic) bond motifs is 1. The Bertz CT molecular complexity index is 1180. The number of rotatable bonds is 5. The Hall–Kier alpha value is -3.94. The molecule has 0 saturated heterocycles. The summed E-state index contributed by atoms with van der Waals surface area (Å²) in [6.07, 6.45) is 3.53. The average Bonchev–Trinajstić information content (AvgIpc) is 3.09. The second kappa shape index (κ2) is 7.59. The SMILES string of the molecule is COc1cc(OC)cc(C(=O)Nc2nccc(-c3c(C)nc4ccccn34)n2)c1. The molecule has 0 radical (unpaired) electrons. The summed E-state index contributed by atoms with van der Waals surface area (Å²) in [5.74, 6) is 0.866. The van der Waals surface area contributed by atoms with Gasteiger partial charge in [0.15, 0.2) is 0 Å². The molecular weight excluding hydrogens is 370 g/mol. The zero-order valence-electron chi connectivity index (χ0n) is 16.2. The van der Waals surface area contributed by atoms with Crippen LogP contribution >= 0.6 is 0 Å². The van der Waals surface area contributed by atoms with Gasteiger partial charge >= 0.3 is 0 Å². The van der Waals surface area contributed by atoms with Gasteiger partial charge in [-0.2, -0.15) is 0 Å². The molecule has 4 aromatic rings. The van der Waals surface area contributed by atoms with Crippen LogP contribution in [0.15, 0.2) is 54.9 Å². The molecule has 0 fully saturated rings. The van der Waals surface area contributed by atoms with Gasteiger partial charge in [0.25, 0.3) is 5.91 Å². The highest BCUT2D eigenvalue weighted by atomic mass is 16.5. The van der Waals surface area contributed by atoms with E-state index in [1.807, 2.05) is 35.7 Å². The number of nitrogens with zero attached hydrogens (tertiary/aromatic N) is 4. The van der Waals surface area contributed by atoms with Crippen LogP contribution in [0.1, 0.15) is 16.1 Å². The van der Waals surface area contributed by atoms with Crippen molar-refractivity contribution in [2.75, 3.05) is 19.5 Å². The molecule has 8 nitrogen and oxygen atoms in total. The maximum atomic E-state index is 12.7. The minimum absolute atomic E-state index is 0.194. The third-order valence-corrected chi connectivity index (χ3v) is 4.44. The first-order chi connectivity index (χ1) is 14.1. The third kappa shape index (κ3) is 3.60. The van der Waals surface area contributed by atoms with Crippen molar-refractivity contribution in [3.8, 4) is 22.9 Å². The molecular formula is C21H19N5O3. The van der Waals surface area contributed by atoms with Crippen molar-refractivity contribution in [2.45, 2.75) is 6.92 Å². The Morgan fingerprint density at radius 1 is 1.03 bits per heavy atom. The number of nitrogens with one attached hydrogen (secondary N) is 1. The van der Waals surface area contributed by atoms with Crippen LogP contribution < -0.4 is 14.8 Å². The minimum Gasteiger partial charge on any atom is -0.497 e. The topological polar surface area (TPSA) is 90.6 Å². The Morgan fingerprint density at radius 2 is 1.79 bits per heavy atom. The Balaban J connectivity index is 1.66. The van der Waals surface area contributed by atoms with Gasteiger partial charge in [0.05, 0.1) is 31.3 Å². The van der Waals surface area contributed by atoms with Crippen molar-refractivity contribution in [1.29, 1.82) is 0 Å². The number of pyridine rings is 1. The van der Waals surface area contributed by atoms with Crippen LogP contribution in [-0.4, -0.2) is 39.5 Å². The lowest BCUT2D eigenvalue weighted by Gasteiger charge is -2.09. The van der Waals surface area contributed by atoms with E-state index in [0.717, 1.165) is 17.0 Å². The molecule has 0 unspecified atom stereocenters. The molecule has 0 aliphatic heterocycles. The van der Waals surface area contributed by atoms with Crippen molar-refractivity contribution in [1.82, 2.24) is 19.4 Å². The molecule has 8 heteroatoms. The molecule has 0 bridgehead atoms. The fourth-order valence-electron chi connectivity index (χ4n) is 3.09. The number of methoxy groups -OCH3 is 2. The second-order valence-corrected chi connectivity index (χ2v) is 6.30. The van der Waals surface area contributed by atoms with Crippen LogP contribution in [0.5, 0.6) is 11.5 Å². The summed E-state index contributed by atoms with van der Waals surface area (Å²) < 4.78 is 12.4. The Morgan fingerprint density at radius 3 is 2.52 bits per heavy atom. The lowest BCUT2D eigenvalue weighted by molar-refractivity contribution is 0.102. The van der Waals surface area contributed by atoms with Crippen molar-refractivity contribution < 1.29 is 14.3 Å². The van der Waals surface area contributed by atoms with Crippen LogP contribution in [0.2, 0.25) is 0 Å². The molecule has 29 heavy (non-hydrogen) atoms. The van der Waals surface area contributed by atoms with Crippen molar-refractivity contribution in [2.24, 2.45) is 0 Å². The third-order valence-electron chi connectivity index (χ3n) is 4.44. The van der Waals surface area contributed by atoms with Crippen molar-refractivity contribution in [3.05, 3.63) is 66.1 Å². The number of hydrogen-bond acceptors (Lipinski definition) is 6. The average molecular weight is 389 g/mol. The van der Waals surface area contributed by atoms with E-state index in [4.69, 9.17) is 9.47 Å². The van der Waals surface area contributed by atoms with Crippen LogP contribution in [0.4, 0.5) is 5.95 Å². The van der Waals surface area contributed by atoms with E-state index in [1.165, 1.54) is 14.2 Å². The number of hydrogen-bond donors (Lipinski definition) is 1. The molecule has 0 aliphatic carbocycles. The molecule has 0 spiro atoms. The molecule has 1 amide bonds. The zero-order valence-corrected chi connectivity index (χ0v) is 16.2. The largest absolute Gasteiger partial charge is 0.497 e. The monoisotopic (exact) mass is 389 g/mol. The molecule has 3 heterocycles. The van der Waals surface area contributed by atoms with E-state index >= 15 is 0 Å². The summed E-state index contributed by atoms with van der Waals surface area (Å²) in [5, 5.41) is 2.73. The second-order valence-electron chi connectivity index (χ2n) is 6.30. The molecule has 4 rings (SSSR count). The maximum absolute atomic E-state index is 12.7. The Labute approximate surface area is 167 Å². The van der Waals surface area contributed by atoms with Gasteiger partial charge in [0, 0.05) is 24.0 Å². The van der Waals surface area contributed by atoms with E-state index in [2.05, 4.69) is 20.3 Å². The smallest absolute Gasteiger partial charge is 0.258 e. The summed E-state index contributed by atoms with van der Waals surface area (Å²) in [6, 6.07) is 12.5. The van der Waals surface area contributed by atoms with Gasteiger partial charge in [-0.15, -0.1) is 0 Å². The number of amides is 1. The van der Waals surface area contributed by atoms with E-state index in [-0.39, 0.29) is 11.9 Å². The van der Waals surface area contributed by atoms with E-state index in [1.54, 1.807) is 30.5 Å². The molecule has 1 N–H and O–H groups in total. The van der Waals surface area contributed by atoms with E-state index in [0.29, 0.717) is 22.8 Å². The minimum atomic E-state index is -0.366. The Kier molecular flexibility index (Phi) is 4.82. The van der Waals surface area contributed by atoms with Crippen molar-refractivity contribution >= 4 is 17.5 Å². The predicted molar refractivity (Wildman–Crippen MR) is 108 cm³/mol. The highest BCUT2D eigenvalue weighted by molar-refractivity contribution is 6.04. The fraction of sp³-hybridized carbons (Fsp3) is 0.143. The summed E-state index contributed by atoms with van der Waals surface area (Å²) in [7, 11) is 3.06. The first-order valence-corrected chi connectivity index (χ1v) is 8.90. The van der Waals surface area contributed by atoms with Gasteiger partial charge in [-0.3, -0.25) is 14.5 Å². The van der Waals surface area contributed by atoms with Gasteiger partial charge < -0.3 is 9.47 Å². The number of ether oxygens (including phenoxy) is 2. The number of carbonyl (C=O) groups excluding carboxylic acids is 1. The van der Waals surface area contributed by atoms with Crippen LogP contribution in [0.3, 0.4) is 0 Å². The lowest BCUT2D eigenvalue weighted by Crippen LogP contribution is -2.14. The summed E-state index contributed by atoms with van der Waals surface area (Å²) >= 11 is 0. The normalized spacial score (nSPS) is 10.7. The highest BCUT2D eigenvalue weighted by Crippen LogP contribution is 2.25. The number of carbonyl (C=O) groups is 1. The number of benzene rings is 1. The molecule has 1 aromatic carbocycles. The molecule has 146 valence electrons. The highest BCUT2D eigenvalue weighted by Gasteiger charge is 2.15. The predicted octanol–water partition coefficient (Wildman–Crippen LogP) is 3.37. The quantitative estimate of drug-likeness (QED) is 0.563. The van der Waals surface area contributed by atoms with Crippen molar-refractivity contribution in [3.63, 3.8) is 0 Å². The summed E-state index contributed by atoms with van der Waals surface area (Å²) in [6.45, 7) is 1.92. The zero-order chi connectivity index (χ0) is 20.4. The first-order valence-electron chi connectivity index (χ1n) is 8.90. The van der Waals surface area contributed by atoms with Gasteiger partial charge in [-0.25, -0.2) is 15.0 Å². The van der Waals surface area contributed by atoms with Crippen LogP contribution in [0, 0.1) is 6.92 Å². The number of anilines is 1. The summed E-state index contributed by atoms with van der Waals surface area (Å²) in [4.78, 5) is 25.9. The van der Waals surface area contributed by atoms with E-state index < -0.39 is 0 Å². The number of aryl methyl sites for hydroxylation is 1. The lowest BCUT2D eigenvalue weighted by atomic mass is 10.2. The van der Waals surface area contributed by atoms with Crippen LogP contribution in [-0.2, 0) is 0 Å². The molecule has 0 aliphatic rings. The van der Waals surface area contributed by atoms with Gasteiger partial charge in [0.2, 0.25) is 5.95 Å². The number of aromatic nitrogens is 4. The van der Waals surface area contributed by atoms with Gasteiger partial charge in [-0.05, 0) is 37.3 Å². The molecule has 3 aromatic heterocycles.